The molecule has 2 aromatic rings. The minimum Gasteiger partial charge on any atom is -0.398 e. The molecule has 1 heterocycles. The van der Waals surface area contributed by atoms with Gasteiger partial charge in [0.1, 0.15) is 0 Å². The lowest BCUT2D eigenvalue weighted by Gasteiger charge is -2.07. The van der Waals surface area contributed by atoms with Crippen LogP contribution >= 0.6 is 27.3 Å². The number of nitrogens with zero attached hydrogens (tertiary/aromatic N) is 1. The van der Waals surface area contributed by atoms with Crippen molar-refractivity contribution in [2.24, 2.45) is 0 Å². The first-order valence-corrected chi connectivity index (χ1v) is 6.46. The van der Waals surface area contributed by atoms with Crippen molar-refractivity contribution in [3.05, 3.63) is 39.3 Å². The van der Waals surface area contributed by atoms with Gasteiger partial charge in [0.2, 0.25) is 0 Å². The van der Waals surface area contributed by atoms with Crippen LogP contribution in [0.2, 0.25) is 0 Å². The van der Waals surface area contributed by atoms with Gasteiger partial charge >= 0.3 is 0 Å². The van der Waals surface area contributed by atoms with E-state index in [1.54, 1.807) is 12.3 Å². The Kier molecular flexibility index (Phi) is 3.44. The third-order valence-corrected chi connectivity index (χ3v) is 3.62. The number of carbonyl (C=O) groups excluding carboxylic acids is 1. The molecule has 0 aliphatic carbocycles. The molecule has 0 unspecified atom stereocenters. The van der Waals surface area contributed by atoms with Gasteiger partial charge in [-0.2, -0.15) is 0 Å². The predicted molar refractivity (Wildman–Crippen MR) is 73.4 cm³/mol. The van der Waals surface area contributed by atoms with Crippen molar-refractivity contribution in [3.63, 3.8) is 0 Å². The van der Waals surface area contributed by atoms with Crippen molar-refractivity contribution in [2.75, 3.05) is 11.1 Å². The third kappa shape index (κ3) is 2.65. The summed E-state index contributed by atoms with van der Waals surface area (Å²) in [7, 11) is 0. The van der Waals surface area contributed by atoms with Crippen LogP contribution < -0.4 is 11.1 Å². The molecule has 0 saturated heterocycles. The summed E-state index contributed by atoms with van der Waals surface area (Å²) in [6.45, 7) is 1.85. The maximum absolute atomic E-state index is 12.0. The maximum Gasteiger partial charge on any atom is 0.259 e. The predicted octanol–water partition coefficient (Wildman–Crippen LogP) is 3.05. The Morgan fingerprint density at radius 1 is 1.53 bits per heavy atom. The molecule has 0 bridgehead atoms. The Morgan fingerprint density at radius 2 is 2.29 bits per heavy atom. The normalized spacial score (nSPS) is 10.2. The first-order chi connectivity index (χ1) is 8.08. The molecule has 0 saturated carbocycles. The molecule has 17 heavy (non-hydrogen) atoms. The van der Waals surface area contributed by atoms with Gasteiger partial charge in [0.15, 0.2) is 5.13 Å². The molecule has 6 heteroatoms. The highest BCUT2D eigenvalue weighted by atomic mass is 79.9. The fourth-order valence-electron chi connectivity index (χ4n) is 1.47. The van der Waals surface area contributed by atoms with E-state index in [4.69, 9.17) is 5.73 Å². The summed E-state index contributed by atoms with van der Waals surface area (Å²) in [5, 5.41) is 3.27. The topological polar surface area (TPSA) is 68.0 Å². The first kappa shape index (κ1) is 12.1. The van der Waals surface area contributed by atoms with Crippen LogP contribution in [-0.4, -0.2) is 10.9 Å². The lowest BCUT2D eigenvalue weighted by atomic mass is 10.1. The summed E-state index contributed by atoms with van der Waals surface area (Å²) in [5.41, 5.74) is 7.61. The molecule has 2 rings (SSSR count). The van der Waals surface area contributed by atoms with Crippen LogP contribution in [0.1, 0.15) is 15.9 Å². The monoisotopic (exact) mass is 311 g/mol. The van der Waals surface area contributed by atoms with Crippen molar-refractivity contribution in [2.45, 2.75) is 6.92 Å². The smallest absolute Gasteiger partial charge is 0.259 e. The van der Waals surface area contributed by atoms with Gasteiger partial charge in [0.25, 0.3) is 5.91 Å². The molecule has 0 aliphatic rings. The Bertz CT molecular complexity index is 547. The number of halogens is 1. The van der Waals surface area contributed by atoms with Crippen molar-refractivity contribution in [1.29, 1.82) is 0 Å². The van der Waals surface area contributed by atoms with E-state index in [0.29, 0.717) is 16.4 Å². The number of nitrogen functional groups attached to an aromatic ring is 1. The molecule has 1 amide bonds. The Hall–Kier alpha value is -1.40. The third-order valence-electron chi connectivity index (χ3n) is 2.23. The average molecular weight is 312 g/mol. The number of aromatic nitrogens is 1. The highest BCUT2D eigenvalue weighted by Crippen LogP contribution is 2.24. The van der Waals surface area contributed by atoms with E-state index in [-0.39, 0.29) is 5.91 Å². The lowest BCUT2D eigenvalue weighted by Crippen LogP contribution is -2.15. The molecule has 1 aromatic carbocycles. The van der Waals surface area contributed by atoms with Crippen LogP contribution in [0, 0.1) is 6.92 Å². The lowest BCUT2D eigenvalue weighted by molar-refractivity contribution is 0.102. The van der Waals surface area contributed by atoms with Crippen LogP contribution in [0.15, 0.2) is 28.2 Å². The summed E-state index contributed by atoms with van der Waals surface area (Å²) < 4.78 is 0.866. The van der Waals surface area contributed by atoms with E-state index in [0.717, 1.165) is 9.35 Å². The van der Waals surface area contributed by atoms with Gasteiger partial charge in [0, 0.05) is 5.69 Å². The van der Waals surface area contributed by atoms with E-state index < -0.39 is 0 Å². The number of amides is 1. The van der Waals surface area contributed by atoms with E-state index in [9.17, 15) is 4.79 Å². The number of nitrogens with one attached hydrogen (secondary N) is 1. The highest BCUT2D eigenvalue weighted by Gasteiger charge is 2.13. The number of carbonyl (C=O) groups is 1. The number of hydrogen-bond donors (Lipinski definition) is 2. The van der Waals surface area contributed by atoms with Gasteiger partial charge in [-0.15, -0.1) is 0 Å². The van der Waals surface area contributed by atoms with Crippen molar-refractivity contribution >= 4 is 44.0 Å². The molecule has 0 aliphatic heterocycles. The van der Waals surface area contributed by atoms with Crippen molar-refractivity contribution in [1.82, 2.24) is 4.98 Å². The number of anilines is 2. The molecule has 0 spiro atoms. The quantitative estimate of drug-likeness (QED) is 0.838. The number of nitrogens with two attached hydrogens (primary N) is 1. The Labute approximate surface area is 111 Å². The highest BCUT2D eigenvalue weighted by molar-refractivity contribution is 9.11. The van der Waals surface area contributed by atoms with E-state index in [1.165, 1.54) is 11.3 Å². The molecular formula is C11H10BrN3OS. The Morgan fingerprint density at radius 3 is 2.88 bits per heavy atom. The SMILES string of the molecule is Cc1cccc(N)c1C(=O)Nc1ncc(Br)s1. The van der Waals surface area contributed by atoms with Gasteiger partial charge in [-0.1, -0.05) is 23.5 Å². The summed E-state index contributed by atoms with van der Waals surface area (Å²) in [5.74, 6) is -0.234. The number of rotatable bonds is 2. The van der Waals surface area contributed by atoms with Gasteiger partial charge in [-0.25, -0.2) is 4.98 Å². The molecule has 3 N–H and O–H groups in total. The molecule has 0 radical (unpaired) electrons. The number of benzene rings is 1. The zero-order valence-electron chi connectivity index (χ0n) is 9.03. The minimum atomic E-state index is -0.234. The fraction of sp³-hybridized carbons (Fsp3) is 0.0909. The number of hydrogen-bond acceptors (Lipinski definition) is 4. The second kappa shape index (κ2) is 4.85. The second-order valence-electron chi connectivity index (χ2n) is 3.46. The molecule has 88 valence electrons. The fourth-order valence-corrected chi connectivity index (χ4v) is 2.57. The van der Waals surface area contributed by atoms with Crippen molar-refractivity contribution in [3.8, 4) is 0 Å². The summed E-state index contributed by atoms with van der Waals surface area (Å²) in [6.07, 6.45) is 1.64. The summed E-state index contributed by atoms with van der Waals surface area (Å²) in [4.78, 5) is 16.1. The standard InChI is InChI=1S/C11H10BrN3OS/c1-6-3-2-4-7(13)9(6)10(16)15-11-14-5-8(12)17-11/h2-5H,13H2,1H3,(H,14,15,16). The molecule has 1 aromatic heterocycles. The van der Waals surface area contributed by atoms with Gasteiger partial charge < -0.3 is 5.73 Å². The van der Waals surface area contributed by atoms with Crippen LogP contribution in [0.4, 0.5) is 10.8 Å². The molecule has 0 fully saturated rings. The van der Waals surface area contributed by atoms with Gasteiger partial charge in [0.05, 0.1) is 15.5 Å². The minimum absolute atomic E-state index is 0.234. The van der Waals surface area contributed by atoms with Gasteiger partial charge in [-0.3, -0.25) is 10.1 Å². The largest absolute Gasteiger partial charge is 0.398 e. The van der Waals surface area contributed by atoms with E-state index in [2.05, 4.69) is 26.2 Å². The van der Waals surface area contributed by atoms with Gasteiger partial charge in [-0.05, 0) is 34.5 Å². The number of thiazole rings is 1. The van der Waals surface area contributed by atoms with Crippen molar-refractivity contribution < 1.29 is 4.79 Å². The number of aryl methyl sites for hydroxylation is 1. The zero-order valence-corrected chi connectivity index (χ0v) is 11.4. The first-order valence-electron chi connectivity index (χ1n) is 4.85. The van der Waals surface area contributed by atoms with E-state index >= 15 is 0 Å². The molecular weight excluding hydrogens is 302 g/mol. The maximum atomic E-state index is 12.0. The zero-order chi connectivity index (χ0) is 12.4. The van der Waals surface area contributed by atoms with Crippen LogP contribution in [0.5, 0.6) is 0 Å². The van der Waals surface area contributed by atoms with Crippen LogP contribution in [-0.2, 0) is 0 Å². The molecule has 4 nitrogen and oxygen atoms in total. The average Bonchev–Trinajstić information content (AvgIpc) is 2.63. The van der Waals surface area contributed by atoms with Crippen LogP contribution in [0.3, 0.4) is 0 Å². The Balaban J connectivity index is 2.26. The van der Waals surface area contributed by atoms with Crippen LogP contribution in [0.25, 0.3) is 0 Å². The van der Waals surface area contributed by atoms with E-state index in [1.807, 2.05) is 19.1 Å². The second-order valence-corrected chi connectivity index (χ2v) is 5.87. The molecule has 0 atom stereocenters. The summed E-state index contributed by atoms with van der Waals surface area (Å²) >= 11 is 4.64. The summed E-state index contributed by atoms with van der Waals surface area (Å²) in [6, 6.07) is 5.38.